The van der Waals surface area contributed by atoms with Gasteiger partial charge in [0.25, 0.3) is 17.7 Å². The number of H-pyrrole nitrogens is 1. The summed E-state index contributed by atoms with van der Waals surface area (Å²) in [5.41, 5.74) is 3.50. The van der Waals surface area contributed by atoms with E-state index in [1.54, 1.807) is 42.5 Å². The molecular weight excluding hydrogens is 639 g/mol. The Kier molecular flexibility index (Phi) is 9.56. The smallest absolute Gasteiger partial charge is 0.416 e. The Morgan fingerprint density at radius 1 is 0.980 bits per heavy atom. The van der Waals surface area contributed by atoms with E-state index in [0.29, 0.717) is 70.7 Å². The van der Waals surface area contributed by atoms with Crippen molar-refractivity contribution in [1.82, 2.24) is 15.2 Å². The summed E-state index contributed by atoms with van der Waals surface area (Å²) in [5.74, 6) is -0.428. The highest BCUT2D eigenvalue weighted by molar-refractivity contribution is 6.35. The Labute approximate surface area is 280 Å². The molecule has 10 nitrogen and oxygen atoms in total. The maximum Gasteiger partial charge on any atom is 0.416 e. The fourth-order valence-corrected chi connectivity index (χ4v) is 5.84. The van der Waals surface area contributed by atoms with Gasteiger partial charge < -0.3 is 30.4 Å². The van der Waals surface area contributed by atoms with E-state index in [1.165, 1.54) is 18.2 Å². The number of amides is 3. The lowest BCUT2D eigenvalue weighted by Gasteiger charge is -2.26. The van der Waals surface area contributed by atoms with Crippen molar-refractivity contribution < 1.29 is 37.0 Å². The second kappa shape index (κ2) is 14.0. The van der Waals surface area contributed by atoms with E-state index >= 15 is 0 Å². The Hall–Kier alpha value is -5.40. The van der Waals surface area contributed by atoms with Crippen molar-refractivity contribution in [3.8, 4) is 11.5 Å². The van der Waals surface area contributed by atoms with Crippen molar-refractivity contribution in [3.63, 3.8) is 0 Å². The van der Waals surface area contributed by atoms with Gasteiger partial charge in [0.15, 0.2) is 0 Å². The lowest BCUT2D eigenvalue weighted by atomic mass is 10.0. The minimum atomic E-state index is -4.57. The van der Waals surface area contributed by atoms with Gasteiger partial charge in [0.05, 0.1) is 35.6 Å². The minimum Gasteiger partial charge on any atom is -0.457 e. The van der Waals surface area contributed by atoms with Gasteiger partial charge in [-0.25, -0.2) is 0 Å². The van der Waals surface area contributed by atoms with Crippen LogP contribution in [0.25, 0.3) is 11.6 Å². The van der Waals surface area contributed by atoms with Crippen LogP contribution in [0.2, 0.25) is 0 Å². The molecule has 0 aliphatic carbocycles. The van der Waals surface area contributed by atoms with Crippen molar-refractivity contribution in [2.75, 3.05) is 50.0 Å². The molecule has 0 bridgehead atoms. The number of aryl methyl sites for hydroxylation is 1. The highest BCUT2D eigenvalue weighted by atomic mass is 19.4. The quantitative estimate of drug-likeness (QED) is 0.156. The molecule has 2 aliphatic rings. The lowest BCUT2D eigenvalue weighted by molar-refractivity contribution is -0.137. The topological polar surface area (TPSA) is 125 Å². The molecule has 1 aromatic heterocycles. The van der Waals surface area contributed by atoms with E-state index in [-0.39, 0.29) is 17.4 Å². The van der Waals surface area contributed by atoms with Gasteiger partial charge in [-0.05, 0) is 68.0 Å². The first-order valence-electron chi connectivity index (χ1n) is 15.7. The maximum atomic E-state index is 13.1. The van der Waals surface area contributed by atoms with E-state index in [2.05, 4.69) is 25.8 Å². The average Bonchev–Trinajstić information content (AvgIpc) is 3.54. The average molecular weight is 674 g/mol. The van der Waals surface area contributed by atoms with Gasteiger partial charge >= 0.3 is 6.18 Å². The third-order valence-corrected chi connectivity index (χ3v) is 8.36. The first-order valence-corrected chi connectivity index (χ1v) is 15.7. The van der Waals surface area contributed by atoms with Gasteiger partial charge in [-0.15, -0.1) is 0 Å². The number of nitrogens with zero attached hydrogens (tertiary/aromatic N) is 1. The monoisotopic (exact) mass is 673 g/mol. The fraction of sp³-hybridized carbons (Fsp3) is 0.250. The van der Waals surface area contributed by atoms with Crippen LogP contribution in [0.15, 0.2) is 66.7 Å². The Balaban J connectivity index is 1.13. The molecule has 49 heavy (non-hydrogen) atoms. The Bertz CT molecular complexity index is 1950. The number of fused-ring (bicyclic) bond motifs is 1. The number of rotatable bonds is 9. The van der Waals surface area contributed by atoms with Crippen molar-refractivity contribution >= 4 is 40.7 Å². The van der Waals surface area contributed by atoms with Gasteiger partial charge in [0.1, 0.15) is 11.5 Å². The summed E-state index contributed by atoms with van der Waals surface area (Å²) in [4.78, 5) is 44.3. The third-order valence-electron chi connectivity index (χ3n) is 8.36. The minimum absolute atomic E-state index is 0.136. The molecule has 4 aromatic rings. The van der Waals surface area contributed by atoms with Crippen LogP contribution < -0.4 is 20.7 Å². The molecule has 13 heteroatoms. The van der Waals surface area contributed by atoms with Crippen LogP contribution in [-0.2, 0) is 15.7 Å². The zero-order chi connectivity index (χ0) is 34.7. The second-order valence-corrected chi connectivity index (χ2v) is 11.8. The van der Waals surface area contributed by atoms with Crippen LogP contribution in [0.4, 0.5) is 24.5 Å². The number of alkyl halides is 3. The first kappa shape index (κ1) is 33.5. The number of aromatic nitrogens is 1. The fourth-order valence-electron chi connectivity index (χ4n) is 5.84. The largest absolute Gasteiger partial charge is 0.457 e. The number of ether oxygens (including phenoxy) is 2. The molecule has 1 fully saturated rings. The predicted octanol–water partition coefficient (Wildman–Crippen LogP) is 6.25. The van der Waals surface area contributed by atoms with E-state index in [0.717, 1.165) is 37.3 Å². The van der Waals surface area contributed by atoms with Crippen LogP contribution >= 0.6 is 0 Å². The Morgan fingerprint density at radius 3 is 2.51 bits per heavy atom. The van der Waals surface area contributed by atoms with Crippen LogP contribution in [0.3, 0.4) is 0 Å². The summed E-state index contributed by atoms with van der Waals surface area (Å²) in [6.45, 7) is 7.99. The summed E-state index contributed by atoms with van der Waals surface area (Å²) in [7, 11) is 0. The summed E-state index contributed by atoms with van der Waals surface area (Å²) in [6, 6.07) is 15.7. The number of nitrogens with one attached hydrogen (secondary N) is 4. The van der Waals surface area contributed by atoms with Crippen LogP contribution in [0.1, 0.15) is 48.8 Å². The van der Waals surface area contributed by atoms with Crippen LogP contribution in [-0.4, -0.2) is 67.0 Å². The Morgan fingerprint density at radius 2 is 1.73 bits per heavy atom. The number of anilines is 2. The predicted molar refractivity (Wildman–Crippen MR) is 179 cm³/mol. The summed E-state index contributed by atoms with van der Waals surface area (Å²) >= 11 is 0. The third kappa shape index (κ3) is 7.68. The molecule has 0 spiro atoms. The van der Waals surface area contributed by atoms with E-state index in [9.17, 15) is 27.6 Å². The van der Waals surface area contributed by atoms with Crippen molar-refractivity contribution in [2.24, 2.45) is 0 Å². The number of halogens is 3. The molecule has 254 valence electrons. The molecule has 4 N–H and O–H groups in total. The van der Waals surface area contributed by atoms with Crippen LogP contribution in [0, 0.1) is 13.8 Å². The summed E-state index contributed by atoms with van der Waals surface area (Å²) in [5, 5.41) is 8.45. The number of aromatic amines is 1. The normalized spacial score (nSPS) is 15.5. The SMILES string of the molecule is Cc1[nH]c(C=C2C(=O)Nc3cc(Oc4cccc(NC(=O)c5cccc(C(F)(F)F)c5)c4)ccc32)c(C)c1C(=O)NCCN1CCOCC1. The van der Waals surface area contributed by atoms with Crippen LogP contribution in [0.5, 0.6) is 11.5 Å². The van der Waals surface area contributed by atoms with Gasteiger partial charge in [-0.1, -0.05) is 12.1 Å². The molecule has 0 radical (unpaired) electrons. The maximum absolute atomic E-state index is 13.1. The number of benzene rings is 3. The van der Waals surface area contributed by atoms with Gasteiger partial charge in [-0.3, -0.25) is 19.3 Å². The van der Waals surface area contributed by atoms with Gasteiger partial charge in [0, 0.05) is 66.5 Å². The number of carbonyl (C=O) groups excluding carboxylic acids is 3. The van der Waals surface area contributed by atoms with Gasteiger partial charge in [0.2, 0.25) is 0 Å². The van der Waals surface area contributed by atoms with E-state index < -0.39 is 17.6 Å². The van der Waals surface area contributed by atoms with E-state index in [1.807, 2.05) is 13.8 Å². The number of morpholine rings is 1. The van der Waals surface area contributed by atoms with Crippen molar-refractivity contribution in [1.29, 1.82) is 0 Å². The molecule has 2 aliphatic heterocycles. The van der Waals surface area contributed by atoms with Crippen molar-refractivity contribution in [3.05, 3.63) is 106 Å². The summed E-state index contributed by atoms with van der Waals surface area (Å²) < 4.78 is 50.6. The molecule has 3 heterocycles. The molecule has 0 unspecified atom stereocenters. The molecular formula is C36H34F3N5O5. The first-order chi connectivity index (χ1) is 23.5. The standard InChI is InChI=1S/C36H34F3N5O5/c1-21-30(41-22(2)32(21)35(47)40-11-12-44-13-15-48-16-14-44)20-29-28-10-9-27(19-31(28)43-34(29)46)49-26-8-4-7-25(18-26)42-33(45)23-5-3-6-24(17-23)36(37,38)39/h3-10,17-20,41H,11-16H2,1-2H3,(H,40,47)(H,42,45)(H,43,46). The van der Waals surface area contributed by atoms with Crippen molar-refractivity contribution in [2.45, 2.75) is 20.0 Å². The highest BCUT2D eigenvalue weighted by Crippen LogP contribution is 2.38. The summed E-state index contributed by atoms with van der Waals surface area (Å²) in [6.07, 6.45) is -2.84. The molecule has 0 saturated carbocycles. The molecule has 3 amide bonds. The zero-order valence-corrected chi connectivity index (χ0v) is 26.8. The molecule has 6 rings (SSSR count). The second-order valence-electron chi connectivity index (χ2n) is 11.8. The van der Waals surface area contributed by atoms with Gasteiger partial charge in [-0.2, -0.15) is 13.2 Å². The molecule has 3 aromatic carbocycles. The lowest BCUT2D eigenvalue weighted by Crippen LogP contribution is -2.41. The number of hydrogen-bond acceptors (Lipinski definition) is 6. The number of carbonyl (C=O) groups is 3. The van der Waals surface area contributed by atoms with E-state index in [4.69, 9.17) is 9.47 Å². The highest BCUT2D eigenvalue weighted by Gasteiger charge is 2.31. The number of hydrogen-bond donors (Lipinski definition) is 4. The molecule has 0 atom stereocenters. The zero-order valence-electron chi connectivity index (χ0n) is 26.8. The molecule has 1 saturated heterocycles.